The molecule has 3 aromatic rings. The molecule has 1 fully saturated rings. The summed E-state index contributed by atoms with van der Waals surface area (Å²) in [6.45, 7) is 3.05. The van der Waals surface area contributed by atoms with Gasteiger partial charge in [-0.25, -0.2) is 0 Å². The van der Waals surface area contributed by atoms with Crippen LogP contribution in [-0.4, -0.2) is 103 Å². The van der Waals surface area contributed by atoms with Gasteiger partial charge in [0.15, 0.2) is 0 Å². The molecule has 2 aromatic carbocycles. The average molecular weight is 781 g/mol. The molecule has 1 saturated heterocycles. The summed E-state index contributed by atoms with van der Waals surface area (Å²) in [4.78, 5) is 92.5. The molecule has 3 heterocycles. The van der Waals surface area contributed by atoms with Gasteiger partial charge in [-0.2, -0.15) is 5.26 Å². The number of fused-ring (bicyclic) bond motifs is 2. The van der Waals surface area contributed by atoms with Gasteiger partial charge in [0.25, 0.3) is 11.8 Å². The molecule has 57 heavy (non-hydrogen) atoms. The molecular weight excluding hydrogens is 740 g/mol. The lowest BCUT2D eigenvalue weighted by molar-refractivity contribution is -0.136. The van der Waals surface area contributed by atoms with Crippen molar-refractivity contribution in [2.75, 3.05) is 62.1 Å². The van der Waals surface area contributed by atoms with Gasteiger partial charge in [-0.3, -0.25) is 48.8 Å². The van der Waals surface area contributed by atoms with Crippen LogP contribution >= 0.6 is 0 Å². The number of hydrogen-bond acceptors (Lipinski definition) is 13. The number of anilines is 3. The highest BCUT2D eigenvalue weighted by atomic mass is 16.5. The molecular formula is C39H40N8O10. The monoisotopic (exact) mass is 780 g/mol. The molecule has 2 aliphatic heterocycles. The first-order valence-corrected chi connectivity index (χ1v) is 17.9. The number of aromatic nitrogens is 1. The van der Waals surface area contributed by atoms with Gasteiger partial charge in [-0.05, 0) is 56.7 Å². The number of nitrogens with one attached hydrogen (secondary N) is 5. The van der Waals surface area contributed by atoms with Gasteiger partial charge < -0.3 is 35.5 Å². The molecule has 18 heteroatoms. The maximum atomic E-state index is 13.2. The van der Waals surface area contributed by atoms with Crippen LogP contribution in [0, 0.1) is 11.3 Å². The molecule has 0 aliphatic carbocycles. The van der Waals surface area contributed by atoms with E-state index < -0.39 is 47.4 Å². The summed E-state index contributed by atoms with van der Waals surface area (Å²) in [5.41, 5.74) is 2.77. The van der Waals surface area contributed by atoms with Gasteiger partial charge in [0.2, 0.25) is 29.5 Å². The summed E-state index contributed by atoms with van der Waals surface area (Å²) >= 11 is 0. The quantitative estimate of drug-likeness (QED) is 0.0707. The van der Waals surface area contributed by atoms with Crippen molar-refractivity contribution in [1.82, 2.24) is 20.5 Å². The summed E-state index contributed by atoms with van der Waals surface area (Å²) in [7, 11) is 0. The van der Waals surface area contributed by atoms with Crippen LogP contribution in [0.15, 0.2) is 66.5 Å². The van der Waals surface area contributed by atoms with E-state index in [9.17, 15) is 38.8 Å². The van der Waals surface area contributed by atoms with Crippen molar-refractivity contribution in [3.05, 3.63) is 83.2 Å². The molecule has 0 bridgehead atoms. The van der Waals surface area contributed by atoms with E-state index in [4.69, 9.17) is 14.2 Å². The second-order valence-corrected chi connectivity index (χ2v) is 12.5. The van der Waals surface area contributed by atoms with E-state index in [0.29, 0.717) is 27.8 Å². The van der Waals surface area contributed by atoms with Crippen molar-refractivity contribution in [3.63, 3.8) is 0 Å². The summed E-state index contributed by atoms with van der Waals surface area (Å²) in [5, 5.41) is 23.4. The Balaban J connectivity index is 0.959. The fourth-order valence-corrected chi connectivity index (χ4v) is 5.93. The third-order valence-electron chi connectivity index (χ3n) is 8.60. The van der Waals surface area contributed by atoms with Crippen LogP contribution in [0.4, 0.5) is 17.1 Å². The molecule has 0 saturated carbocycles. The smallest absolute Gasteiger partial charge is 0.264 e. The van der Waals surface area contributed by atoms with Crippen LogP contribution in [0.5, 0.6) is 0 Å². The number of ether oxygens (including phenoxy) is 3. The maximum Gasteiger partial charge on any atom is 0.264 e. The van der Waals surface area contributed by atoms with Crippen LogP contribution in [0.2, 0.25) is 0 Å². The third kappa shape index (κ3) is 10.5. The molecule has 1 atom stereocenters. The maximum absolute atomic E-state index is 13.2. The van der Waals surface area contributed by atoms with Gasteiger partial charge >= 0.3 is 0 Å². The van der Waals surface area contributed by atoms with Crippen LogP contribution in [-0.2, 0) is 38.2 Å². The lowest BCUT2D eigenvalue weighted by Crippen LogP contribution is -2.54. The summed E-state index contributed by atoms with van der Waals surface area (Å²) < 4.78 is 16.0. The molecule has 296 valence electrons. The minimum atomic E-state index is -1.13. The number of rotatable bonds is 18. The molecule has 0 radical (unpaired) electrons. The number of allylic oxidation sites excluding steroid dienone is 3. The van der Waals surface area contributed by atoms with E-state index >= 15 is 0 Å². The minimum Gasteiger partial charge on any atom is -0.377 e. The van der Waals surface area contributed by atoms with E-state index in [1.54, 1.807) is 18.2 Å². The van der Waals surface area contributed by atoms with Crippen molar-refractivity contribution >= 4 is 69.3 Å². The minimum absolute atomic E-state index is 0.00553. The van der Waals surface area contributed by atoms with E-state index in [0.717, 1.165) is 10.6 Å². The van der Waals surface area contributed by atoms with Crippen LogP contribution in [0.1, 0.15) is 53.0 Å². The highest BCUT2D eigenvalue weighted by molar-refractivity contribution is 6.26. The van der Waals surface area contributed by atoms with Crippen molar-refractivity contribution in [3.8, 4) is 6.07 Å². The Kier molecular flexibility index (Phi) is 14.3. The average Bonchev–Trinajstić information content (AvgIpc) is 3.45. The zero-order chi connectivity index (χ0) is 40.9. The Bertz CT molecular complexity index is 2190. The first-order chi connectivity index (χ1) is 27.5. The second kappa shape index (κ2) is 19.7. The lowest BCUT2D eigenvalue weighted by Gasteiger charge is -2.27. The largest absolute Gasteiger partial charge is 0.377 e. The fourth-order valence-electron chi connectivity index (χ4n) is 5.93. The third-order valence-corrected chi connectivity index (χ3v) is 8.60. The summed E-state index contributed by atoms with van der Waals surface area (Å²) in [6, 6.07) is 10.4. The summed E-state index contributed by atoms with van der Waals surface area (Å²) in [6.07, 6.45) is 7.05. The number of pyridine rings is 1. The van der Waals surface area contributed by atoms with Crippen LogP contribution < -0.4 is 26.6 Å². The van der Waals surface area contributed by atoms with E-state index in [1.807, 2.05) is 32.1 Å². The molecule has 5 N–H and O–H groups in total. The first-order valence-electron chi connectivity index (χ1n) is 17.9. The van der Waals surface area contributed by atoms with Crippen molar-refractivity contribution < 1.29 is 47.8 Å². The van der Waals surface area contributed by atoms with E-state index in [-0.39, 0.29) is 75.8 Å². The molecule has 5 rings (SSSR count). The fraction of sp³-hybridized carbons (Fsp3) is 0.308. The molecule has 1 unspecified atom stereocenters. The zero-order valence-electron chi connectivity index (χ0n) is 31.1. The molecule has 1 aromatic heterocycles. The molecule has 7 amide bonds. The highest BCUT2D eigenvalue weighted by Gasteiger charge is 2.45. The Morgan fingerprint density at radius 3 is 2.37 bits per heavy atom. The number of nitrogens with zero attached hydrogens (tertiary/aromatic N) is 3. The zero-order valence-corrected chi connectivity index (χ0v) is 31.1. The number of carbonyl (C=O) groups excluding carboxylic acids is 7. The van der Waals surface area contributed by atoms with Gasteiger partial charge in [0.1, 0.15) is 25.3 Å². The number of nitriles is 1. The SMILES string of the molecule is C/C=C\C(=C/C)Nc1c(C#N)cnc2ccc(NC(=O)CNC(=O)COCCOCCOCC(=O)Nc3cccc4c3C(=O)N(C3CCC(=O)NC3=O)C4=O)cc12. The number of benzene rings is 2. The first kappa shape index (κ1) is 41.4. The highest BCUT2D eigenvalue weighted by Crippen LogP contribution is 2.33. The second-order valence-electron chi connectivity index (χ2n) is 12.5. The Labute approximate surface area is 326 Å². The predicted molar refractivity (Wildman–Crippen MR) is 204 cm³/mol. The Morgan fingerprint density at radius 2 is 1.67 bits per heavy atom. The topological polar surface area (TPSA) is 247 Å². The van der Waals surface area contributed by atoms with Crippen molar-refractivity contribution in [2.24, 2.45) is 0 Å². The van der Waals surface area contributed by atoms with Crippen LogP contribution in [0.3, 0.4) is 0 Å². The number of imide groups is 2. The summed E-state index contributed by atoms with van der Waals surface area (Å²) in [5.74, 6) is -4.26. The number of piperidine rings is 1. The lowest BCUT2D eigenvalue weighted by atomic mass is 10.0. The molecule has 2 aliphatic rings. The molecule has 0 spiro atoms. The van der Waals surface area contributed by atoms with Gasteiger partial charge in [-0.1, -0.05) is 18.2 Å². The van der Waals surface area contributed by atoms with Gasteiger partial charge in [0.05, 0.1) is 66.6 Å². The standard InChI is InChI=1S/C39H40N8O10/c1-3-6-24(4-2)44-36-23(18-40)19-41-28-10-9-25(17-27(28)36)43-32(49)20-42-33(50)21-56-15-13-55-14-16-57-22-34(51)45-29-8-5-7-26-35(29)39(54)47(38(26)53)30-11-12-31(48)46-37(30)52/h3-10,17,19,30H,11-16,20-22H2,1-2H3,(H,41,44)(H,42,50)(H,43,49)(H,45,51)(H,46,48,52)/b6-3-,24-4+. The number of carbonyl (C=O) groups is 7. The van der Waals surface area contributed by atoms with Gasteiger partial charge in [0, 0.05) is 29.4 Å². The number of amides is 7. The van der Waals surface area contributed by atoms with Crippen molar-refractivity contribution in [1.29, 1.82) is 5.26 Å². The number of hydrogen-bond donors (Lipinski definition) is 5. The van der Waals surface area contributed by atoms with Gasteiger partial charge in [-0.15, -0.1) is 0 Å². The Hall–Kier alpha value is -6.81. The van der Waals surface area contributed by atoms with Crippen molar-refractivity contribution in [2.45, 2.75) is 32.7 Å². The van der Waals surface area contributed by atoms with E-state index in [2.05, 4.69) is 37.6 Å². The Morgan fingerprint density at radius 1 is 0.930 bits per heavy atom. The van der Waals surface area contributed by atoms with E-state index in [1.165, 1.54) is 24.4 Å². The normalized spacial score (nSPS) is 15.4. The molecule has 18 nitrogen and oxygen atoms in total. The van der Waals surface area contributed by atoms with Crippen LogP contribution in [0.25, 0.3) is 10.9 Å². The predicted octanol–water partition coefficient (Wildman–Crippen LogP) is 2.14.